The standard InChI is InChI=1S/C28H24F3N7O3/c1-3-5-22(39)37-12-4-6-19(37)26-36-23(24-25(32)34-11-13-38(24)26)16-7-8-18(20(14-16)41-2)27(40)35-21-15-17(9-10-33-21)28(29,30)31/h7-11,13-15,19H,4,6,12H2,1-2H3,(H2,32,34)(H,33,35,40). The van der Waals surface area contributed by atoms with Gasteiger partial charge in [0.25, 0.3) is 11.8 Å². The molecule has 1 aliphatic rings. The number of nitrogens with one attached hydrogen (secondary N) is 1. The molecule has 0 spiro atoms. The van der Waals surface area contributed by atoms with Crippen molar-refractivity contribution in [3.05, 3.63) is 65.9 Å². The first-order chi connectivity index (χ1) is 19.6. The summed E-state index contributed by atoms with van der Waals surface area (Å²) in [6, 6.07) is 5.89. The highest BCUT2D eigenvalue weighted by Crippen LogP contribution is 2.38. The minimum absolute atomic E-state index is 0.0657. The Kier molecular flexibility index (Phi) is 7.23. The molecule has 0 radical (unpaired) electrons. The quantitative estimate of drug-likeness (QED) is 0.346. The number of ether oxygens (including phenoxy) is 1. The zero-order valence-electron chi connectivity index (χ0n) is 22.0. The van der Waals surface area contributed by atoms with Gasteiger partial charge in [-0.15, -0.1) is 0 Å². The summed E-state index contributed by atoms with van der Waals surface area (Å²) in [6.07, 6.45) is 1.10. The first kappa shape index (κ1) is 27.4. The molecule has 4 aromatic rings. The third-order valence-corrected chi connectivity index (χ3v) is 6.70. The van der Waals surface area contributed by atoms with E-state index in [1.165, 1.54) is 13.2 Å². The summed E-state index contributed by atoms with van der Waals surface area (Å²) >= 11 is 0. The summed E-state index contributed by atoms with van der Waals surface area (Å²) in [4.78, 5) is 40.2. The van der Waals surface area contributed by atoms with Crippen LogP contribution in [-0.4, -0.2) is 49.7 Å². The third-order valence-electron chi connectivity index (χ3n) is 6.70. The molecule has 3 aromatic heterocycles. The van der Waals surface area contributed by atoms with Crippen molar-refractivity contribution in [3.8, 4) is 28.8 Å². The van der Waals surface area contributed by atoms with E-state index in [1.807, 2.05) is 0 Å². The van der Waals surface area contributed by atoms with Crippen LogP contribution < -0.4 is 15.8 Å². The molecule has 0 saturated carbocycles. The molecule has 0 bridgehead atoms. The van der Waals surface area contributed by atoms with Gasteiger partial charge in [-0.25, -0.2) is 15.0 Å². The SMILES string of the molecule is CC#CC(=O)N1CCCC1c1nc(-c2ccc(C(=O)Nc3cc(C(F)(F)F)ccn3)c(OC)c2)c2c(N)nccn12. The van der Waals surface area contributed by atoms with E-state index >= 15 is 0 Å². The number of carbonyl (C=O) groups excluding carboxylic acids is 2. The fourth-order valence-electron chi connectivity index (χ4n) is 4.87. The van der Waals surface area contributed by atoms with Crippen LogP contribution in [0.25, 0.3) is 16.8 Å². The van der Waals surface area contributed by atoms with Crippen molar-refractivity contribution in [1.29, 1.82) is 0 Å². The summed E-state index contributed by atoms with van der Waals surface area (Å²) in [5.41, 5.74) is 6.90. The monoisotopic (exact) mass is 563 g/mol. The zero-order chi connectivity index (χ0) is 29.3. The minimum Gasteiger partial charge on any atom is -0.496 e. The Morgan fingerprint density at radius 3 is 2.71 bits per heavy atom. The topological polar surface area (TPSA) is 128 Å². The molecule has 210 valence electrons. The van der Waals surface area contributed by atoms with Gasteiger partial charge in [-0.1, -0.05) is 12.0 Å². The molecule has 10 nitrogen and oxygen atoms in total. The molecule has 3 N–H and O–H groups in total. The van der Waals surface area contributed by atoms with Crippen molar-refractivity contribution in [2.75, 3.05) is 24.7 Å². The molecule has 1 aliphatic heterocycles. The number of hydrogen-bond acceptors (Lipinski definition) is 7. The smallest absolute Gasteiger partial charge is 0.416 e. The number of fused-ring (bicyclic) bond motifs is 1. The number of benzene rings is 1. The summed E-state index contributed by atoms with van der Waals surface area (Å²) in [5, 5.41) is 2.38. The van der Waals surface area contributed by atoms with E-state index in [1.54, 1.807) is 40.8 Å². The van der Waals surface area contributed by atoms with Crippen LogP contribution in [-0.2, 0) is 11.0 Å². The number of alkyl halides is 3. The van der Waals surface area contributed by atoms with Crippen LogP contribution in [0.5, 0.6) is 5.75 Å². The minimum atomic E-state index is -4.59. The van der Waals surface area contributed by atoms with Crippen molar-refractivity contribution < 1.29 is 27.5 Å². The highest BCUT2D eigenvalue weighted by atomic mass is 19.4. The second kappa shape index (κ2) is 10.8. The van der Waals surface area contributed by atoms with Crippen LogP contribution in [0.1, 0.15) is 47.6 Å². The highest BCUT2D eigenvalue weighted by Gasteiger charge is 2.34. The van der Waals surface area contributed by atoms with Gasteiger partial charge >= 0.3 is 6.18 Å². The lowest BCUT2D eigenvalue weighted by molar-refractivity contribution is -0.137. The van der Waals surface area contributed by atoms with Crippen LogP contribution in [0.2, 0.25) is 0 Å². The first-order valence-corrected chi connectivity index (χ1v) is 12.5. The van der Waals surface area contributed by atoms with Crippen LogP contribution in [0.15, 0.2) is 48.9 Å². The van der Waals surface area contributed by atoms with Gasteiger partial charge in [-0.2, -0.15) is 13.2 Å². The Morgan fingerprint density at radius 2 is 1.98 bits per heavy atom. The van der Waals surface area contributed by atoms with Gasteiger partial charge in [-0.05, 0) is 50.0 Å². The molecule has 1 atom stereocenters. The van der Waals surface area contributed by atoms with Gasteiger partial charge in [-0.3, -0.25) is 14.0 Å². The number of nitrogens with two attached hydrogens (primary N) is 1. The lowest BCUT2D eigenvalue weighted by Gasteiger charge is -2.21. The third kappa shape index (κ3) is 5.23. The number of pyridine rings is 1. The van der Waals surface area contributed by atoms with Gasteiger partial charge in [0.05, 0.1) is 24.3 Å². The van der Waals surface area contributed by atoms with Gasteiger partial charge in [0, 0.05) is 30.7 Å². The van der Waals surface area contributed by atoms with Gasteiger partial charge in [0.15, 0.2) is 0 Å². The Balaban J connectivity index is 1.53. The van der Waals surface area contributed by atoms with E-state index in [9.17, 15) is 22.8 Å². The van der Waals surface area contributed by atoms with E-state index < -0.39 is 17.6 Å². The molecule has 13 heteroatoms. The molecule has 0 aliphatic carbocycles. The van der Waals surface area contributed by atoms with Crippen LogP contribution in [0.3, 0.4) is 0 Å². The Labute approximate surface area is 232 Å². The Morgan fingerprint density at radius 1 is 1.17 bits per heavy atom. The number of carbonyl (C=O) groups is 2. The molecule has 2 amide bonds. The Bertz CT molecular complexity index is 1720. The van der Waals surface area contributed by atoms with Gasteiger partial charge in [0.2, 0.25) is 0 Å². The lowest BCUT2D eigenvalue weighted by atomic mass is 10.1. The molecule has 1 unspecified atom stereocenters. The molecule has 1 saturated heterocycles. The van der Waals surface area contributed by atoms with E-state index in [2.05, 4.69) is 27.1 Å². The number of likely N-dealkylation sites (tertiary alicyclic amines) is 1. The molecule has 1 aromatic carbocycles. The fraction of sp³-hybridized carbons (Fsp3) is 0.250. The van der Waals surface area contributed by atoms with Crippen molar-refractivity contribution in [1.82, 2.24) is 24.3 Å². The van der Waals surface area contributed by atoms with Gasteiger partial charge < -0.3 is 20.7 Å². The van der Waals surface area contributed by atoms with E-state index in [0.29, 0.717) is 35.6 Å². The second-order valence-electron chi connectivity index (χ2n) is 9.18. The largest absolute Gasteiger partial charge is 0.496 e. The second-order valence-corrected chi connectivity index (χ2v) is 9.18. The van der Waals surface area contributed by atoms with Gasteiger partial charge in [0.1, 0.15) is 34.4 Å². The predicted octanol–water partition coefficient (Wildman–Crippen LogP) is 4.34. The number of amides is 2. The van der Waals surface area contributed by atoms with E-state index in [0.717, 1.165) is 24.8 Å². The number of hydrogen-bond donors (Lipinski definition) is 2. The molecule has 4 heterocycles. The van der Waals surface area contributed by atoms with Crippen molar-refractivity contribution in [2.45, 2.75) is 32.0 Å². The highest BCUT2D eigenvalue weighted by molar-refractivity contribution is 6.06. The Hall–Kier alpha value is -5.12. The lowest BCUT2D eigenvalue weighted by Crippen LogP contribution is -2.30. The number of nitrogen functional groups attached to an aromatic ring is 1. The summed E-state index contributed by atoms with van der Waals surface area (Å²) in [6.45, 7) is 2.15. The number of aromatic nitrogens is 4. The number of anilines is 2. The molecular weight excluding hydrogens is 539 g/mol. The number of rotatable bonds is 5. The maximum atomic E-state index is 13.1. The first-order valence-electron chi connectivity index (χ1n) is 12.5. The number of halogens is 3. The van der Waals surface area contributed by atoms with Crippen molar-refractivity contribution >= 4 is 29.0 Å². The van der Waals surface area contributed by atoms with Crippen molar-refractivity contribution in [3.63, 3.8) is 0 Å². The summed E-state index contributed by atoms with van der Waals surface area (Å²) < 4.78 is 46.5. The van der Waals surface area contributed by atoms with Crippen LogP contribution in [0, 0.1) is 11.8 Å². The number of methoxy groups -OCH3 is 1. The molecule has 41 heavy (non-hydrogen) atoms. The molecule has 5 rings (SSSR count). The van der Waals surface area contributed by atoms with Crippen LogP contribution >= 0.6 is 0 Å². The maximum absolute atomic E-state index is 13.1. The average molecular weight is 564 g/mol. The maximum Gasteiger partial charge on any atom is 0.416 e. The van der Waals surface area contributed by atoms with Crippen molar-refractivity contribution in [2.24, 2.45) is 0 Å². The van der Waals surface area contributed by atoms with E-state index in [-0.39, 0.29) is 34.9 Å². The predicted molar refractivity (Wildman–Crippen MR) is 144 cm³/mol. The number of imidazole rings is 1. The fourth-order valence-corrected chi connectivity index (χ4v) is 4.87. The zero-order valence-corrected chi connectivity index (χ0v) is 22.0. The molecular formula is C28H24F3N7O3. The number of nitrogens with zero attached hydrogens (tertiary/aromatic N) is 5. The van der Waals surface area contributed by atoms with E-state index in [4.69, 9.17) is 15.5 Å². The molecule has 1 fully saturated rings. The summed E-state index contributed by atoms with van der Waals surface area (Å²) in [7, 11) is 1.36. The summed E-state index contributed by atoms with van der Waals surface area (Å²) in [5.74, 6) is 4.92. The average Bonchev–Trinajstić information content (AvgIpc) is 3.58. The normalized spacial score (nSPS) is 15.0. The van der Waals surface area contributed by atoms with Crippen LogP contribution in [0.4, 0.5) is 24.8 Å².